The molecule has 1 aliphatic heterocycles. The lowest BCUT2D eigenvalue weighted by atomic mass is 9.94. The Hall–Kier alpha value is -3.34. The topological polar surface area (TPSA) is 58.6 Å². The van der Waals surface area contributed by atoms with Crippen LogP contribution in [0.3, 0.4) is 0 Å². The van der Waals surface area contributed by atoms with Crippen LogP contribution in [0, 0.1) is 0 Å². The summed E-state index contributed by atoms with van der Waals surface area (Å²) in [5.41, 5.74) is 1.32. The van der Waals surface area contributed by atoms with Gasteiger partial charge in [-0.05, 0) is 41.8 Å². The molecule has 1 unspecified atom stereocenters. The second-order valence-corrected chi connectivity index (χ2v) is 8.44. The number of rotatable bonds is 2. The van der Waals surface area contributed by atoms with E-state index in [9.17, 15) is 9.59 Å². The van der Waals surface area contributed by atoms with Crippen LogP contribution in [0.2, 0.25) is 0 Å². The molecule has 2 aliphatic rings. The van der Waals surface area contributed by atoms with Crippen molar-refractivity contribution in [2.24, 2.45) is 0 Å². The standard InChI is InChI=1S/C26H26N2O3/c1-17(29)28-22-15-18-9-5-6-10-19(18)16-24(22)31-23-14-8-7-13-21(23)25(28)26(30)27-20-11-3-2-4-12-20/h5-10,13-16,20,25H,2-4,11-12H2,1H3,(H,27,30). The number of para-hydroxylation sites is 1. The smallest absolute Gasteiger partial charge is 0.248 e. The second kappa shape index (κ2) is 8.06. The van der Waals surface area contributed by atoms with Crippen molar-refractivity contribution < 1.29 is 14.3 Å². The lowest BCUT2D eigenvalue weighted by Gasteiger charge is -2.31. The van der Waals surface area contributed by atoms with Gasteiger partial charge in [-0.2, -0.15) is 0 Å². The number of carbonyl (C=O) groups is 2. The molecule has 5 heteroatoms. The Morgan fingerprint density at radius 2 is 1.58 bits per heavy atom. The van der Waals surface area contributed by atoms with Crippen LogP contribution in [-0.4, -0.2) is 17.9 Å². The Balaban J connectivity index is 1.65. The number of hydrogen-bond acceptors (Lipinski definition) is 3. The number of carbonyl (C=O) groups excluding carboxylic acids is 2. The molecule has 0 saturated heterocycles. The van der Waals surface area contributed by atoms with Gasteiger partial charge in [0.25, 0.3) is 0 Å². The third-order valence-electron chi connectivity index (χ3n) is 6.32. The predicted octanol–water partition coefficient (Wildman–Crippen LogP) is 5.49. The lowest BCUT2D eigenvalue weighted by Crippen LogP contribution is -2.46. The average Bonchev–Trinajstić information content (AvgIpc) is 2.92. The van der Waals surface area contributed by atoms with Gasteiger partial charge >= 0.3 is 0 Å². The monoisotopic (exact) mass is 414 g/mol. The molecular weight excluding hydrogens is 388 g/mol. The third kappa shape index (κ3) is 3.65. The van der Waals surface area contributed by atoms with Crippen LogP contribution in [0.25, 0.3) is 10.8 Å². The maximum Gasteiger partial charge on any atom is 0.248 e. The van der Waals surface area contributed by atoms with Gasteiger partial charge in [-0.15, -0.1) is 0 Å². The minimum Gasteiger partial charge on any atom is -0.455 e. The molecule has 5 rings (SSSR count). The van der Waals surface area contributed by atoms with Gasteiger partial charge in [-0.1, -0.05) is 61.7 Å². The van der Waals surface area contributed by atoms with E-state index < -0.39 is 6.04 Å². The number of nitrogens with one attached hydrogen (secondary N) is 1. The molecule has 0 bridgehead atoms. The summed E-state index contributed by atoms with van der Waals surface area (Å²) >= 11 is 0. The first-order valence-corrected chi connectivity index (χ1v) is 11.0. The van der Waals surface area contributed by atoms with Gasteiger partial charge in [-0.3, -0.25) is 14.5 Å². The van der Waals surface area contributed by atoms with Crippen LogP contribution in [0.15, 0.2) is 60.7 Å². The molecule has 3 aromatic carbocycles. The first kappa shape index (κ1) is 19.6. The zero-order chi connectivity index (χ0) is 21.4. The summed E-state index contributed by atoms with van der Waals surface area (Å²) in [4.78, 5) is 28.2. The Morgan fingerprint density at radius 1 is 0.903 bits per heavy atom. The van der Waals surface area contributed by atoms with Gasteiger partial charge in [0.2, 0.25) is 11.8 Å². The zero-order valence-corrected chi connectivity index (χ0v) is 17.6. The van der Waals surface area contributed by atoms with Gasteiger partial charge in [0, 0.05) is 18.5 Å². The maximum absolute atomic E-state index is 13.6. The molecule has 1 heterocycles. The largest absolute Gasteiger partial charge is 0.455 e. The first-order chi connectivity index (χ1) is 15.1. The van der Waals surface area contributed by atoms with Gasteiger partial charge in [-0.25, -0.2) is 0 Å². The highest BCUT2D eigenvalue weighted by Crippen LogP contribution is 2.46. The van der Waals surface area contributed by atoms with E-state index in [1.807, 2.05) is 60.7 Å². The maximum atomic E-state index is 13.6. The van der Waals surface area contributed by atoms with Gasteiger partial charge in [0.1, 0.15) is 11.8 Å². The first-order valence-electron chi connectivity index (χ1n) is 11.0. The van der Waals surface area contributed by atoms with Crippen molar-refractivity contribution in [3.05, 3.63) is 66.2 Å². The highest BCUT2D eigenvalue weighted by molar-refractivity contribution is 6.04. The molecule has 2 amide bonds. The Kier molecular flexibility index (Phi) is 5.10. The van der Waals surface area contributed by atoms with Crippen LogP contribution in [-0.2, 0) is 9.59 Å². The molecule has 0 radical (unpaired) electrons. The summed E-state index contributed by atoms with van der Waals surface area (Å²) in [5.74, 6) is 0.834. The molecule has 5 nitrogen and oxygen atoms in total. The van der Waals surface area contributed by atoms with Crippen molar-refractivity contribution in [3.8, 4) is 11.5 Å². The van der Waals surface area contributed by atoms with Crippen LogP contribution in [0.1, 0.15) is 50.6 Å². The van der Waals surface area contributed by atoms with Crippen LogP contribution in [0.4, 0.5) is 5.69 Å². The summed E-state index contributed by atoms with van der Waals surface area (Å²) < 4.78 is 6.29. The number of fused-ring (bicyclic) bond motifs is 3. The second-order valence-electron chi connectivity index (χ2n) is 8.44. The van der Waals surface area contributed by atoms with Gasteiger partial charge in [0.05, 0.1) is 5.69 Å². The molecule has 1 fully saturated rings. The highest BCUT2D eigenvalue weighted by Gasteiger charge is 2.38. The van der Waals surface area contributed by atoms with Crippen LogP contribution >= 0.6 is 0 Å². The van der Waals surface area contributed by atoms with E-state index in [-0.39, 0.29) is 17.9 Å². The molecule has 1 atom stereocenters. The van der Waals surface area contributed by atoms with Gasteiger partial charge in [0.15, 0.2) is 5.75 Å². The van der Waals surface area contributed by atoms with E-state index in [0.717, 1.165) is 36.5 Å². The fourth-order valence-corrected chi connectivity index (χ4v) is 4.81. The fraction of sp³-hybridized carbons (Fsp3) is 0.308. The number of hydrogen-bond donors (Lipinski definition) is 1. The fourth-order valence-electron chi connectivity index (χ4n) is 4.81. The summed E-state index contributed by atoms with van der Waals surface area (Å²) in [6.07, 6.45) is 5.43. The highest BCUT2D eigenvalue weighted by atomic mass is 16.5. The van der Waals surface area contributed by atoms with E-state index in [1.165, 1.54) is 13.3 Å². The molecule has 0 aromatic heterocycles. The van der Waals surface area contributed by atoms with Crippen molar-refractivity contribution >= 4 is 28.3 Å². The van der Waals surface area contributed by atoms with E-state index >= 15 is 0 Å². The quantitative estimate of drug-likeness (QED) is 0.603. The minimum absolute atomic E-state index is 0.154. The molecule has 1 N–H and O–H groups in total. The minimum atomic E-state index is -0.780. The summed E-state index contributed by atoms with van der Waals surface area (Å²) in [6.45, 7) is 1.51. The van der Waals surface area contributed by atoms with Gasteiger partial charge < -0.3 is 10.1 Å². The predicted molar refractivity (Wildman–Crippen MR) is 121 cm³/mol. The van der Waals surface area contributed by atoms with E-state index in [2.05, 4.69) is 5.32 Å². The normalized spacial score (nSPS) is 18.5. The Labute approximate surface area is 182 Å². The number of benzene rings is 3. The zero-order valence-electron chi connectivity index (χ0n) is 17.6. The Morgan fingerprint density at radius 3 is 2.32 bits per heavy atom. The van der Waals surface area contributed by atoms with E-state index in [4.69, 9.17) is 4.74 Å². The summed E-state index contributed by atoms with van der Waals surface area (Å²) in [6, 6.07) is 18.7. The molecule has 1 aliphatic carbocycles. The van der Waals surface area contributed by atoms with E-state index in [1.54, 1.807) is 4.90 Å². The van der Waals surface area contributed by atoms with Crippen molar-refractivity contribution in [1.29, 1.82) is 0 Å². The number of amides is 2. The van der Waals surface area contributed by atoms with Crippen molar-refractivity contribution in [2.75, 3.05) is 4.90 Å². The molecule has 0 spiro atoms. The number of nitrogens with zero attached hydrogens (tertiary/aromatic N) is 1. The van der Waals surface area contributed by atoms with E-state index in [0.29, 0.717) is 22.7 Å². The molecule has 3 aromatic rings. The molecule has 31 heavy (non-hydrogen) atoms. The third-order valence-corrected chi connectivity index (χ3v) is 6.32. The Bertz CT molecular complexity index is 1150. The van der Waals surface area contributed by atoms with Crippen LogP contribution in [0.5, 0.6) is 11.5 Å². The summed E-state index contributed by atoms with van der Waals surface area (Å²) in [5, 5.41) is 5.24. The lowest BCUT2D eigenvalue weighted by molar-refractivity contribution is -0.126. The molecule has 1 saturated carbocycles. The molecular formula is C26H26N2O3. The molecule has 158 valence electrons. The van der Waals surface area contributed by atoms with Crippen LogP contribution < -0.4 is 15.0 Å². The van der Waals surface area contributed by atoms with Crippen molar-refractivity contribution in [3.63, 3.8) is 0 Å². The SMILES string of the molecule is CC(=O)N1c2cc3ccccc3cc2Oc2ccccc2C1C(=O)NC1CCCCC1. The average molecular weight is 415 g/mol. The van der Waals surface area contributed by atoms with Crippen molar-refractivity contribution in [2.45, 2.75) is 51.1 Å². The number of anilines is 1. The number of ether oxygens (including phenoxy) is 1. The summed E-state index contributed by atoms with van der Waals surface area (Å²) in [7, 11) is 0. The van der Waals surface area contributed by atoms with Crippen molar-refractivity contribution in [1.82, 2.24) is 5.32 Å².